The lowest BCUT2D eigenvalue weighted by Gasteiger charge is -2.11. The minimum atomic E-state index is -0.874. The van der Waals surface area contributed by atoms with E-state index >= 15 is 0 Å². The van der Waals surface area contributed by atoms with Gasteiger partial charge < -0.3 is 14.8 Å². The molecule has 2 aromatic rings. The van der Waals surface area contributed by atoms with E-state index in [-0.39, 0.29) is 12.4 Å². The molecule has 6 nitrogen and oxygen atoms in total. The summed E-state index contributed by atoms with van der Waals surface area (Å²) in [6.45, 7) is 1.12. The van der Waals surface area contributed by atoms with Gasteiger partial charge >= 0.3 is 5.97 Å². The Balaban J connectivity index is 1.79. The first-order valence-corrected chi connectivity index (χ1v) is 8.37. The lowest BCUT2D eigenvalue weighted by atomic mass is 10.1. The molecular formula is C21H21NO5. The number of Topliss-reactive ketones (excluding diaryl/α,β-unsaturated/α-hetero) is 1. The van der Waals surface area contributed by atoms with Crippen LogP contribution in [0.15, 0.2) is 60.7 Å². The summed E-state index contributed by atoms with van der Waals surface area (Å²) < 4.78 is 10.0. The molecule has 140 valence electrons. The van der Waals surface area contributed by atoms with Crippen molar-refractivity contribution in [3.63, 3.8) is 0 Å². The molecule has 0 aliphatic carbocycles. The predicted octanol–water partition coefficient (Wildman–Crippen LogP) is 2.64. The molecule has 0 aliphatic rings. The van der Waals surface area contributed by atoms with Crippen LogP contribution < -0.4 is 10.1 Å². The maximum absolute atomic E-state index is 11.9. The van der Waals surface area contributed by atoms with Crippen LogP contribution in [0.4, 0.5) is 0 Å². The van der Waals surface area contributed by atoms with Gasteiger partial charge in [-0.05, 0) is 30.7 Å². The van der Waals surface area contributed by atoms with Gasteiger partial charge in [0.15, 0.2) is 12.4 Å². The van der Waals surface area contributed by atoms with Crippen LogP contribution in [-0.4, -0.2) is 37.4 Å². The molecule has 0 unspecified atom stereocenters. The molecule has 1 amide bonds. The molecule has 0 saturated heterocycles. The van der Waals surface area contributed by atoms with E-state index in [9.17, 15) is 14.4 Å². The Labute approximate surface area is 157 Å². The van der Waals surface area contributed by atoms with Crippen molar-refractivity contribution in [1.29, 1.82) is 0 Å². The smallest absolute Gasteiger partial charge is 0.328 e. The molecule has 0 aromatic heterocycles. The van der Waals surface area contributed by atoms with Gasteiger partial charge in [-0.25, -0.2) is 4.79 Å². The monoisotopic (exact) mass is 367 g/mol. The van der Waals surface area contributed by atoms with Crippen molar-refractivity contribution >= 4 is 23.7 Å². The fourth-order valence-electron chi connectivity index (χ4n) is 2.18. The standard InChI is InChI=1S/C21H21NO5/c1-15(21(25)27-14-19(23)17-6-4-3-5-7-17)22-20(24)13-10-16-8-11-18(26-2)12-9-16/h3-13,15H,14H2,1-2H3,(H,22,24)/b13-10+/t15-/m0/s1. The second-order valence-electron chi connectivity index (χ2n) is 5.73. The molecule has 0 spiro atoms. The van der Waals surface area contributed by atoms with Crippen molar-refractivity contribution in [1.82, 2.24) is 5.32 Å². The number of ether oxygens (including phenoxy) is 2. The highest BCUT2D eigenvalue weighted by Gasteiger charge is 2.17. The molecule has 1 atom stereocenters. The number of carbonyl (C=O) groups excluding carboxylic acids is 3. The minimum Gasteiger partial charge on any atom is -0.497 e. The van der Waals surface area contributed by atoms with Gasteiger partial charge in [-0.15, -0.1) is 0 Å². The van der Waals surface area contributed by atoms with E-state index in [1.165, 1.54) is 13.0 Å². The highest BCUT2D eigenvalue weighted by atomic mass is 16.5. The van der Waals surface area contributed by atoms with Crippen molar-refractivity contribution < 1.29 is 23.9 Å². The van der Waals surface area contributed by atoms with E-state index < -0.39 is 17.9 Å². The highest BCUT2D eigenvalue weighted by molar-refractivity contribution is 5.98. The van der Waals surface area contributed by atoms with E-state index in [1.807, 2.05) is 0 Å². The van der Waals surface area contributed by atoms with E-state index in [1.54, 1.807) is 67.8 Å². The normalized spacial score (nSPS) is 11.6. The van der Waals surface area contributed by atoms with Crippen LogP contribution in [0.5, 0.6) is 5.75 Å². The summed E-state index contributed by atoms with van der Waals surface area (Å²) in [5.74, 6) is -0.699. The first-order chi connectivity index (χ1) is 13.0. The van der Waals surface area contributed by atoms with Crippen molar-refractivity contribution in [3.05, 3.63) is 71.8 Å². The summed E-state index contributed by atoms with van der Waals surface area (Å²) in [5, 5.41) is 2.50. The molecule has 1 N–H and O–H groups in total. The van der Waals surface area contributed by atoms with Gasteiger partial charge in [0.2, 0.25) is 5.91 Å². The van der Waals surface area contributed by atoms with Crippen LogP contribution >= 0.6 is 0 Å². The van der Waals surface area contributed by atoms with Crippen LogP contribution in [0.3, 0.4) is 0 Å². The Morgan fingerprint density at radius 2 is 1.70 bits per heavy atom. The average molecular weight is 367 g/mol. The number of hydrogen-bond donors (Lipinski definition) is 1. The summed E-state index contributed by atoms with van der Waals surface area (Å²) in [5.41, 5.74) is 1.28. The number of esters is 1. The number of nitrogens with one attached hydrogen (secondary N) is 1. The maximum Gasteiger partial charge on any atom is 0.328 e. The zero-order valence-electron chi connectivity index (χ0n) is 15.2. The summed E-state index contributed by atoms with van der Waals surface area (Å²) in [4.78, 5) is 35.8. The van der Waals surface area contributed by atoms with Crippen LogP contribution in [0, 0.1) is 0 Å². The van der Waals surface area contributed by atoms with Gasteiger partial charge in [0.05, 0.1) is 7.11 Å². The Hall–Kier alpha value is -3.41. The molecule has 0 bridgehead atoms. The number of amides is 1. The maximum atomic E-state index is 11.9. The average Bonchev–Trinajstić information content (AvgIpc) is 2.71. The molecule has 0 radical (unpaired) electrons. The van der Waals surface area contributed by atoms with Gasteiger partial charge in [-0.1, -0.05) is 42.5 Å². The third-order valence-corrected chi connectivity index (χ3v) is 3.70. The van der Waals surface area contributed by atoms with Crippen molar-refractivity contribution in [2.45, 2.75) is 13.0 Å². The largest absolute Gasteiger partial charge is 0.497 e. The fraction of sp³-hybridized carbons (Fsp3) is 0.190. The predicted molar refractivity (Wildman–Crippen MR) is 101 cm³/mol. The molecule has 2 aromatic carbocycles. The minimum absolute atomic E-state index is 0.304. The molecule has 0 fully saturated rings. The third-order valence-electron chi connectivity index (χ3n) is 3.70. The van der Waals surface area contributed by atoms with Gasteiger partial charge in [0.25, 0.3) is 0 Å². The first-order valence-electron chi connectivity index (χ1n) is 8.37. The van der Waals surface area contributed by atoms with Crippen LogP contribution in [0.2, 0.25) is 0 Å². The summed E-state index contributed by atoms with van der Waals surface area (Å²) >= 11 is 0. The number of rotatable bonds is 8. The molecule has 2 rings (SSSR count). The van der Waals surface area contributed by atoms with Gasteiger partial charge in [-0.2, -0.15) is 0 Å². The second kappa shape index (κ2) is 9.91. The summed E-state index contributed by atoms with van der Waals surface area (Å²) in [7, 11) is 1.58. The van der Waals surface area contributed by atoms with Crippen LogP contribution in [-0.2, 0) is 14.3 Å². The fourth-order valence-corrected chi connectivity index (χ4v) is 2.18. The Morgan fingerprint density at radius 1 is 1.04 bits per heavy atom. The SMILES string of the molecule is COc1ccc(/C=C/C(=O)N[C@@H](C)C(=O)OCC(=O)c2ccccc2)cc1. The number of hydrogen-bond acceptors (Lipinski definition) is 5. The topological polar surface area (TPSA) is 81.7 Å². The zero-order valence-corrected chi connectivity index (χ0v) is 15.2. The molecule has 6 heteroatoms. The van der Waals surface area contributed by atoms with Crippen molar-refractivity contribution in [3.8, 4) is 5.75 Å². The Bertz CT molecular complexity index is 812. The molecule has 0 heterocycles. The number of benzene rings is 2. The van der Waals surface area contributed by atoms with E-state index in [0.717, 1.165) is 11.3 Å². The summed E-state index contributed by atoms with van der Waals surface area (Å²) in [6, 6.07) is 14.8. The van der Waals surface area contributed by atoms with Crippen molar-refractivity contribution in [2.24, 2.45) is 0 Å². The van der Waals surface area contributed by atoms with E-state index in [2.05, 4.69) is 5.32 Å². The first kappa shape index (κ1) is 19.9. The van der Waals surface area contributed by atoms with Crippen molar-refractivity contribution in [2.75, 3.05) is 13.7 Å². The van der Waals surface area contributed by atoms with E-state index in [0.29, 0.717) is 5.56 Å². The molecule has 27 heavy (non-hydrogen) atoms. The Kier molecular flexibility index (Phi) is 7.31. The van der Waals surface area contributed by atoms with Gasteiger partial charge in [0.1, 0.15) is 11.8 Å². The third kappa shape index (κ3) is 6.43. The Morgan fingerprint density at radius 3 is 2.33 bits per heavy atom. The second-order valence-corrected chi connectivity index (χ2v) is 5.73. The zero-order chi connectivity index (χ0) is 19.6. The number of ketones is 1. The number of methoxy groups -OCH3 is 1. The molecular weight excluding hydrogens is 346 g/mol. The van der Waals surface area contributed by atoms with Gasteiger partial charge in [-0.3, -0.25) is 9.59 Å². The highest BCUT2D eigenvalue weighted by Crippen LogP contribution is 2.12. The summed E-state index contributed by atoms with van der Waals surface area (Å²) in [6.07, 6.45) is 2.94. The quantitative estimate of drug-likeness (QED) is 0.441. The van der Waals surface area contributed by atoms with Crippen LogP contribution in [0.1, 0.15) is 22.8 Å². The van der Waals surface area contributed by atoms with Crippen LogP contribution in [0.25, 0.3) is 6.08 Å². The molecule has 0 aliphatic heterocycles. The van der Waals surface area contributed by atoms with Gasteiger partial charge in [0, 0.05) is 11.6 Å². The molecule has 0 saturated carbocycles. The lowest BCUT2D eigenvalue weighted by molar-refractivity contribution is -0.145. The lowest BCUT2D eigenvalue weighted by Crippen LogP contribution is -2.39. The van der Waals surface area contributed by atoms with E-state index in [4.69, 9.17) is 9.47 Å². The number of carbonyl (C=O) groups is 3.